The molecule has 0 saturated carbocycles. The molecule has 0 aliphatic carbocycles. The third kappa shape index (κ3) is 3.65. The second-order valence-electron chi connectivity index (χ2n) is 5.13. The van der Waals surface area contributed by atoms with Crippen molar-refractivity contribution in [3.05, 3.63) is 29.8 Å². The lowest BCUT2D eigenvalue weighted by Crippen LogP contribution is -2.39. The number of hydrogen-bond acceptors (Lipinski definition) is 3. The molecule has 3 heteroatoms. The minimum atomic E-state index is 0.767. The molecule has 0 bridgehead atoms. The molecule has 2 N–H and O–H groups in total. The van der Waals surface area contributed by atoms with Gasteiger partial charge in [-0.25, -0.2) is 0 Å². The average Bonchev–Trinajstić information content (AvgIpc) is 2.29. The van der Waals surface area contributed by atoms with Crippen LogP contribution in [0.25, 0.3) is 0 Å². The van der Waals surface area contributed by atoms with Crippen LogP contribution in [0.3, 0.4) is 0 Å². The Kier molecular flexibility index (Phi) is 4.35. The van der Waals surface area contributed by atoms with Crippen LogP contribution in [0, 0.1) is 5.92 Å². The Labute approximate surface area is 109 Å². The molecule has 2 rings (SSSR count). The third-order valence-electron chi connectivity index (χ3n) is 3.28. The van der Waals surface area contributed by atoms with Crippen LogP contribution in [0.15, 0.2) is 24.3 Å². The third-order valence-corrected chi connectivity index (χ3v) is 4.82. The van der Waals surface area contributed by atoms with Gasteiger partial charge in [0.15, 0.2) is 0 Å². The highest BCUT2D eigenvalue weighted by Gasteiger charge is 2.22. The van der Waals surface area contributed by atoms with Gasteiger partial charge >= 0.3 is 0 Å². The fourth-order valence-electron chi connectivity index (χ4n) is 2.23. The Morgan fingerprint density at radius 1 is 1.47 bits per heavy atom. The smallest absolute Gasteiger partial charge is 0.0317 e. The van der Waals surface area contributed by atoms with Gasteiger partial charge in [0.1, 0.15) is 0 Å². The van der Waals surface area contributed by atoms with E-state index in [-0.39, 0.29) is 0 Å². The van der Waals surface area contributed by atoms with Crippen molar-refractivity contribution >= 4 is 17.4 Å². The SMILES string of the molecule is CC(C)C1CN(Cc2cccc(N)c2)CCS1. The summed E-state index contributed by atoms with van der Waals surface area (Å²) < 4.78 is 0. The second-order valence-corrected chi connectivity index (χ2v) is 6.48. The summed E-state index contributed by atoms with van der Waals surface area (Å²) in [7, 11) is 0. The van der Waals surface area contributed by atoms with E-state index in [0.29, 0.717) is 0 Å². The molecule has 0 aromatic heterocycles. The number of nitrogen functional groups attached to an aromatic ring is 1. The molecule has 2 nitrogen and oxygen atoms in total. The lowest BCUT2D eigenvalue weighted by molar-refractivity contribution is 0.260. The van der Waals surface area contributed by atoms with Crippen molar-refractivity contribution < 1.29 is 0 Å². The maximum absolute atomic E-state index is 5.82. The van der Waals surface area contributed by atoms with Crippen molar-refractivity contribution in [2.75, 3.05) is 24.6 Å². The number of nitrogens with two attached hydrogens (primary N) is 1. The first-order valence-corrected chi connectivity index (χ1v) is 7.38. The first-order chi connectivity index (χ1) is 8.15. The highest BCUT2D eigenvalue weighted by Crippen LogP contribution is 2.25. The summed E-state index contributed by atoms with van der Waals surface area (Å²) in [6, 6.07) is 8.25. The Balaban J connectivity index is 1.94. The van der Waals surface area contributed by atoms with Crippen molar-refractivity contribution in [2.24, 2.45) is 5.92 Å². The molecular weight excluding hydrogens is 228 g/mol. The number of hydrogen-bond donors (Lipinski definition) is 1. The van der Waals surface area contributed by atoms with Crippen LogP contribution in [-0.2, 0) is 6.54 Å². The Morgan fingerprint density at radius 2 is 2.29 bits per heavy atom. The predicted molar refractivity (Wildman–Crippen MR) is 77.2 cm³/mol. The average molecular weight is 250 g/mol. The quantitative estimate of drug-likeness (QED) is 0.837. The fourth-order valence-corrected chi connectivity index (χ4v) is 3.60. The molecule has 1 aromatic rings. The van der Waals surface area contributed by atoms with Gasteiger partial charge in [0.2, 0.25) is 0 Å². The first-order valence-electron chi connectivity index (χ1n) is 6.33. The van der Waals surface area contributed by atoms with Crippen LogP contribution in [0.4, 0.5) is 5.69 Å². The standard InChI is InChI=1S/C14H22N2S/c1-11(2)14-10-16(6-7-17-14)9-12-4-3-5-13(15)8-12/h3-5,8,11,14H,6-7,9-10,15H2,1-2H3. The number of benzene rings is 1. The summed E-state index contributed by atoms with van der Waals surface area (Å²) in [5.41, 5.74) is 8.02. The van der Waals surface area contributed by atoms with E-state index >= 15 is 0 Å². The fraction of sp³-hybridized carbons (Fsp3) is 0.571. The van der Waals surface area contributed by atoms with E-state index in [9.17, 15) is 0 Å². The topological polar surface area (TPSA) is 29.3 Å². The summed E-state index contributed by atoms with van der Waals surface area (Å²) in [4.78, 5) is 2.55. The number of thioether (sulfide) groups is 1. The lowest BCUT2D eigenvalue weighted by atomic mass is 10.1. The number of anilines is 1. The number of nitrogens with zero attached hydrogens (tertiary/aromatic N) is 1. The summed E-state index contributed by atoms with van der Waals surface area (Å²) in [6.45, 7) is 8.08. The molecule has 1 aliphatic rings. The van der Waals surface area contributed by atoms with Crippen molar-refractivity contribution in [2.45, 2.75) is 25.6 Å². The van der Waals surface area contributed by atoms with Crippen LogP contribution >= 0.6 is 11.8 Å². The van der Waals surface area contributed by atoms with Gasteiger partial charge in [-0.15, -0.1) is 0 Å². The molecule has 17 heavy (non-hydrogen) atoms. The van der Waals surface area contributed by atoms with Crippen LogP contribution in [0.2, 0.25) is 0 Å². The molecule has 1 aromatic carbocycles. The highest BCUT2D eigenvalue weighted by atomic mass is 32.2. The van der Waals surface area contributed by atoms with Gasteiger partial charge in [-0.1, -0.05) is 26.0 Å². The van der Waals surface area contributed by atoms with Gasteiger partial charge < -0.3 is 5.73 Å². The monoisotopic (exact) mass is 250 g/mol. The molecule has 0 radical (unpaired) electrons. The zero-order valence-electron chi connectivity index (χ0n) is 10.7. The summed E-state index contributed by atoms with van der Waals surface area (Å²) in [6.07, 6.45) is 0. The van der Waals surface area contributed by atoms with Gasteiger partial charge in [-0.05, 0) is 23.6 Å². The molecule has 0 amide bonds. The molecular formula is C14H22N2S. The van der Waals surface area contributed by atoms with Gasteiger partial charge in [0.05, 0.1) is 0 Å². The predicted octanol–water partition coefficient (Wildman–Crippen LogP) is 2.84. The van der Waals surface area contributed by atoms with E-state index < -0.39 is 0 Å². The molecule has 1 heterocycles. The summed E-state index contributed by atoms with van der Waals surface area (Å²) in [5.74, 6) is 2.02. The minimum absolute atomic E-state index is 0.767. The van der Waals surface area contributed by atoms with Crippen LogP contribution < -0.4 is 5.73 Å². The van der Waals surface area contributed by atoms with E-state index in [2.05, 4.69) is 42.6 Å². The maximum Gasteiger partial charge on any atom is 0.0317 e. The van der Waals surface area contributed by atoms with E-state index in [4.69, 9.17) is 5.73 Å². The Morgan fingerprint density at radius 3 is 3.00 bits per heavy atom. The van der Waals surface area contributed by atoms with Gasteiger partial charge in [0, 0.05) is 36.3 Å². The Hall–Kier alpha value is -0.670. The van der Waals surface area contributed by atoms with Gasteiger partial charge in [-0.3, -0.25) is 4.90 Å². The van der Waals surface area contributed by atoms with Crippen LogP contribution in [0.5, 0.6) is 0 Å². The summed E-state index contributed by atoms with van der Waals surface area (Å²) >= 11 is 2.12. The van der Waals surface area contributed by atoms with Crippen LogP contribution in [-0.4, -0.2) is 29.0 Å². The van der Waals surface area contributed by atoms with Crippen molar-refractivity contribution in [3.63, 3.8) is 0 Å². The van der Waals surface area contributed by atoms with E-state index in [1.54, 1.807) is 0 Å². The van der Waals surface area contributed by atoms with E-state index in [0.717, 1.165) is 23.4 Å². The largest absolute Gasteiger partial charge is 0.399 e. The normalized spacial score (nSPS) is 21.9. The molecule has 94 valence electrons. The van der Waals surface area contributed by atoms with Crippen molar-refractivity contribution in [1.82, 2.24) is 4.90 Å². The van der Waals surface area contributed by atoms with Crippen molar-refractivity contribution in [3.8, 4) is 0 Å². The number of rotatable bonds is 3. The van der Waals surface area contributed by atoms with Crippen LogP contribution in [0.1, 0.15) is 19.4 Å². The second kappa shape index (κ2) is 5.78. The lowest BCUT2D eigenvalue weighted by Gasteiger charge is -2.34. The van der Waals surface area contributed by atoms with Gasteiger partial charge in [0.25, 0.3) is 0 Å². The molecule has 1 aliphatic heterocycles. The zero-order valence-corrected chi connectivity index (χ0v) is 11.5. The van der Waals surface area contributed by atoms with Gasteiger partial charge in [-0.2, -0.15) is 11.8 Å². The Bertz CT molecular complexity index is 365. The van der Waals surface area contributed by atoms with E-state index in [1.807, 2.05) is 12.1 Å². The van der Waals surface area contributed by atoms with E-state index in [1.165, 1.54) is 24.4 Å². The highest BCUT2D eigenvalue weighted by molar-refractivity contribution is 8.00. The molecule has 1 atom stereocenters. The maximum atomic E-state index is 5.82. The summed E-state index contributed by atoms with van der Waals surface area (Å²) in [5, 5.41) is 0.782. The first kappa shape index (κ1) is 12.8. The zero-order chi connectivity index (χ0) is 12.3. The van der Waals surface area contributed by atoms with Crippen molar-refractivity contribution in [1.29, 1.82) is 0 Å². The molecule has 1 saturated heterocycles. The minimum Gasteiger partial charge on any atom is -0.399 e. The molecule has 1 unspecified atom stereocenters. The molecule has 1 fully saturated rings. The molecule has 0 spiro atoms.